The molecule has 0 radical (unpaired) electrons. The van der Waals surface area contributed by atoms with Gasteiger partial charge in [-0.25, -0.2) is 0 Å². The first-order valence-corrected chi connectivity index (χ1v) is 5.17. The highest BCUT2D eigenvalue weighted by Gasteiger charge is 2.33. The fourth-order valence-corrected chi connectivity index (χ4v) is 2.01. The maximum Gasteiger partial charge on any atom is 0.230 e. The summed E-state index contributed by atoms with van der Waals surface area (Å²) in [7, 11) is 1.74. The highest BCUT2D eigenvalue weighted by Crippen LogP contribution is 2.35. The van der Waals surface area contributed by atoms with Crippen LogP contribution in [0, 0.1) is 0 Å². The molecule has 1 N–H and O–H groups in total. The van der Waals surface area contributed by atoms with E-state index in [0.717, 1.165) is 12.0 Å². The van der Waals surface area contributed by atoms with Crippen LogP contribution < -0.4 is 0 Å². The molecule has 15 heavy (non-hydrogen) atoms. The fourth-order valence-electron chi connectivity index (χ4n) is 2.01. The molecule has 1 atom stereocenters. The zero-order valence-electron chi connectivity index (χ0n) is 8.81. The summed E-state index contributed by atoms with van der Waals surface area (Å²) in [5, 5.41) is 8.76. The molecular formula is C12H15NO2. The van der Waals surface area contributed by atoms with Crippen LogP contribution in [0.15, 0.2) is 24.3 Å². The van der Waals surface area contributed by atoms with E-state index in [-0.39, 0.29) is 18.4 Å². The summed E-state index contributed by atoms with van der Waals surface area (Å²) < 4.78 is 0. The predicted octanol–water partition coefficient (Wildman–Crippen LogP) is 0.777. The van der Waals surface area contributed by atoms with Crippen LogP contribution in [0.25, 0.3) is 0 Å². The zero-order valence-corrected chi connectivity index (χ0v) is 8.81. The quantitative estimate of drug-likeness (QED) is 0.792. The van der Waals surface area contributed by atoms with Crippen molar-refractivity contribution >= 4 is 5.91 Å². The van der Waals surface area contributed by atoms with Gasteiger partial charge in [0.2, 0.25) is 5.91 Å². The van der Waals surface area contributed by atoms with Crippen LogP contribution in [0.2, 0.25) is 0 Å². The largest absolute Gasteiger partial charge is 0.395 e. The highest BCUT2D eigenvalue weighted by atomic mass is 16.3. The molecule has 0 heterocycles. The van der Waals surface area contributed by atoms with E-state index in [1.165, 1.54) is 5.56 Å². The van der Waals surface area contributed by atoms with Gasteiger partial charge < -0.3 is 10.0 Å². The normalized spacial score (nSPS) is 17.9. The van der Waals surface area contributed by atoms with E-state index < -0.39 is 0 Å². The predicted molar refractivity (Wildman–Crippen MR) is 57.6 cm³/mol. The summed E-state index contributed by atoms with van der Waals surface area (Å²) in [6.07, 6.45) is 0.838. The first kappa shape index (κ1) is 10.2. The summed E-state index contributed by atoms with van der Waals surface area (Å²) in [6.45, 7) is 0.439. The molecule has 2 rings (SSSR count). The Morgan fingerprint density at radius 2 is 2.27 bits per heavy atom. The van der Waals surface area contributed by atoms with Crippen molar-refractivity contribution < 1.29 is 9.90 Å². The molecule has 0 aliphatic heterocycles. The third-order valence-electron chi connectivity index (χ3n) is 2.96. The van der Waals surface area contributed by atoms with Crippen molar-refractivity contribution in [1.82, 2.24) is 4.90 Å². The second-order valence-corrected chi connectivity index (χ2v) is 3.94. The first-order valence-electron chi connectivity index (χ1n) is 5.17. The number of hydrogen-bond acceptors (Lipinski definition) is 2. The van der Waals surface area contributed by atoms with Crippen molar-refractivity contribution in [1.29, 1.82) is 0 Å². The van der Waals surface area contributed by atoms with Gasteiger partial charge in [0, 0.05) is 13.6 Å². The molecule has 0 fully saturated rings. The van der Waals surface area contributed by atoms with Crippen LogP contribution in [-0.4, -0.2) is 36.1 Å². The maximum atomic E-state index is 11.9. The molecule has 1 aromatic carbocycles. The van der Waals surface area contributed by atoms with Gasteiger partial charge in [0.25, 0.3) is 0 Å². The third kappa shape index (κ3) is 1.75. The lowest BCUT2D eigenvalue weighted by atomic mass is 9.77. The van der Waals surface area contributed by atoms with Gasteiger partial charge in [0.05, 0.1) is 12.5 Å². The number of amides is 1. The number of aliphatic hydroxyl groups excluding tert-OH is 1. The number of likely N-dealkylation sites (N-methyl/N-ethyl adjacent to an activating group) is 1. The summed E-state index contributed by atoms with van der Waals surface area (Å²) in [5.74, 6) is 0.125. The monoisotopic (exact) mass is 205 g/mol. The van der Waals surface area contributed by atoms with Gasteiger partial charge in [0.15, 0.2) is 0 Å². The van der Waals surface area contributed by atoms with Crippen molar-refractivity contribution in [2.45, 2.75) is 12.3 Å². The number of carbonyl (C=O) groups is 1. The number of carbonyl (C=O) groups excluding carboxylic acids is 1. The van der Waals surface area contributed by atoms with Crippen molar-refractivity contribution in [3.05, 3.63) is 35.4 Å². The number of fused-ring (bicyclic) bond motifs is 1. The van der Waals surface area contributed by atoms with E-state index in [1.807, 2.05) is 18.2 Å². The van der Waals surface area contributed by atoms with Gasteiger partial charge in [-0.05, 0) is 17.5 Å². The van der Waals surface area contributed by atoms with Gasteiger partial charge in [0.1, 0.15) is 0 Å². The molecule has 0 saturated heterocycles. The molecule has 0 bridgehead atoms. The topological polar surface area (TPSA) is 40.5 Å². The van der Waals surface area contributed by atoms with Crippen LogP contribution in [0.4, 0.5) is 0 Å². The molecular weight excluding hydrogens is 190 g/mol. The average molecular weight is 205 g/mol. The zero-order chi connectivity index (χ0) is 10.8. The average Bonchev–Trinajstić information content (AvgIpc) is 2.20. The van der Waals surface area contributed by atoms with Crippen molar-refractivity contribution in [2.75, 3.05) is 20.2 Å². The smallest absolute Gasteiger partial charge is 0.230 e. The Hall–Kier alpha value is -1.35. The Bertz CT molecular complexity index is 376. The minimum Gasteiger partial charge on any atom is -0.395 e. The number of aliphatic hydroxyl groups is 1. The van der Waals surface area contributed by atoms with Crippen LogP contribution in [0.5, 0.6) is 0 Å². The molecule has 0 spiro atoms. The SMILES string of the molecule is CN(CCO)C(=O)C1Cc2ccccc21. The molecule has 1 amide bonds. The van der Waals surface area contributed by atoms with Crippen molar-refractivity contribution in [3.63, 3.8) is 0 Å². The molecule has 1 unspecified atom stereocenters. The molecule has 1 aliphatic carbocycles. The Kier molecular flexibility index (Phi) is 2.73. The van der Waals surface area contributed by atoms with Gasteiger partial charge in [-0.1, -0.05) is 24.3 Å². The minimum atomic E-state index is 0.0118. The van der Waals surface area contributed by atoms with E-state index in [4.69, 9.17) is 5.11 Å². The number of hydrogen-bond donors (Lipinski definition) is 1. The lowest BCUT2D eigenvalue weighted by Gasteiger charge is -2.32. The molecule has 0 aromatic heterocycles. The second kappa shape index (κ2) is 4.03. The van der Waals surface area contributed by atoms with E-state index in [2.05, 4.69) is 6.07 Å². The standard InChI is InChI=1S/C12H15NO2/c1-13(6-7-14)12(15)11-8-9-4-2-3-5-10(9)11/h2-5,11,14H,6-8H2,1H3. The lowest BCUT2D eigenvalue weighted by molar-refractivity contribution is -0.132. The summed E-state index contributed by atoms with van der Waals surface area (Å²) >= 11 is 0. The summed E-state index contributed by atoms with van der Waals surface area (Å²) in [6, 6.07) is 8.03. The summed E-state index contributed by atoms with van der Waals surface area (Å²) in [4.78, 5) is 13.5. The van der Waals surface area contributed by atoms with Crippen LogP contribution in [0.1, 0.15) is 17.0 Å². The van der Waals surface area contributed by atoms with Crippen molar-refractivity contribution in [2.24, 2.45) is 0 Å². The van der Waals surface area contributed by atoms with E-state index in [9.17, 15) is 4.79 Å². The van der Waals surface area contributed by atoms with Crippen LogP contribution in [0.3, 0.4) is 0 Å². The number of rotatable bonds is 3. The van der Waals surface area contributed by atoms with E-state index in [1.54, 1.807) is 11.9 Å². The van der Waals surface area contributed by atoms with Gasteiger partial charge in [-0.15, -0.1) is 0 Å². The van der Waals surface area contributed by atoms with Crippen molar-refractivity contribution in [3.8, 4) is 0 Å². The second-order valence-electron chi connectivity index (χ2n) is 3.94. The molecule has 80 valence electrons. The molecule has 1 aliphatic rings. The maximum absolute atomic E-state index is 11.9. The Balaban J connectivity index is 2.07. The number of nitrogens with zero attached hydrogens (tertiary/aromatic N) is 1. The van der Waals surface area contributed by atoms with Gasteiger partial charge in [-0.3, -0.25) is 4.79 Å². The van der Waals surface area contributed by atoms with Crippen LogP contribution >= 0.6 is 0 Å². The van der Waals surface area contributed by atoms with Gasteiger partial charge in [-0.2, -0.15) is 0 Å². The van der Waals surface area contributed by atoms with Gasteiger partial charge >= 0.3 is 0 Å². The Labute approximate surface area is 89.3 Å². The third-order valence-corrected chi connectivity index (χ3v) is 2.96. The number of benzene rings is 1. The highest BCUT2D eigenvalue weighted by molar-refractivity contribution is 5.86. The molecule has 1 aromatic rings. The molecule has 0 saturated carbocycles. The fraction of sp³-hybridized carbons (Fsp3) is 0.417. The summed E-state index contributed by atoms with van der Waals surface area (Å²) in [5.41, 5.74) is 2.42. The minimum absolute atomic E-state index is 0.0118. The van der Waals surface area contributed by atoms with E-state index >= 15 is 0 Å². The molecule has 3 heteroatoms. The Morgan fingerprint density at radius 1 is 1.53 bits per heavy atom. The van der Waals surface area contributed by atoms with Crippen LogP contribution in [-0.2, 0) is 11.2 Å². The molecule has 3 nitrogen and oxygen atoms in total. The van der Waals surface area contributed by atoms with E-state index in [0.29, 0.717) is 6.54 Å². The first-order chi connectivity index (χ1) is 7.24. The lowest BCUT2D eigenvalue weighted by Crippen LogP contribution is -2.38. The Morgan fingerprint density at radius 3 is 2.93 bits per heavy atom.